The van der Waals surface area contributed by atoms with Crippen LogP contribution in [0.25, 0.3) is 10.9 Å². The van der Waals surface area contributed by atoms with Gasteiger partial charge in [0.1, 0.15) is 0 Å². The first-order chi connectivity index (χ1) is 13.6. The molecule has 0 amide bonds. The van der Waals surface area contributed by atoms with Crippen LogP contribution in [-0.2, 0) is 17.4 Å². The van der Waals surface area contributed by atoms with E-state index in [9.17, 15) is 0 Å². The maximum Gasteiger partial charge on any atom is 0.0920 e. The summed E-state index contributed by atoms with van der Waals surface area (Å²) in [5.41, 5.74) is 7.01. The Hall–Kier alpha value is -2.30. The van der Waals surface area contributed by atoms with Crippen LogP contribution in [0.2, 0.25) is 0 Å². The third-order valence-electron chi connectivity index (χ3n) is 8.82. The number of hydrogen-bond donors (Lipinski definition) is 3. The summed E-state index contributed by atoms with van der Waals surface area (Å²) in [6.07, 6.45) is 2.63. The first-order valence-corrected chi connectivity index (χ1v) is 10.6. The van der Waals surface area contributed by atoms with Crippen molar-refractivity contribution >= 4 is 16.6 Å². The van der Waals surface area contributed by atoms with Crippen molar-refractivity contribution in [3.8, 4) is 0 Å². The van der Waals surface area contributed by atoms with E-state index in [0.29, 0.717) is 6.17 Å². The van der Waals surface area contributed by atoms with Crippen LogP contribution >= 0.6 is 0 Å². The highest BCUT2D eigenvalue weighted by molar-refractivity contribution is 5.86. The second-order valence-electron chi connectivity index (χ2n) is 9.41. The molecule has 4 nitrogen and oxygen atoms in total. The van der Waals surface area contributed by atoms with Crippen molar-refractivity contribution in [2.45, 2.75) is 49.3 Å². The lowest BCUT2D eigenvalue weighted by Crippen LogP contribution is -2.63. The lowest BCUT2D eigenvalue weighted by atomic mass is 9.61. The Bertz CT molecular complexity index is 1150. The summed E-state index contributed by atoms with van der Waals surface area (Å²) in [4.78, 5) is 6.63. The highest BCUT2D eigenvalue weighted by Gasteiger charge is 2.77. The van der Waals surface area contributed by atoms with E-state index in [1.54, 1.807) is 0 Å². The molecular weight excluding hydrogens is 344 g/mol. The predicted octanol–water partition coefficient (Wildman–Crippen LogP) is 3.70. The molecule has 5 heterocycles. The number of rotatable bonds is 0. The molecular formula is C24H26N4. The average molecular weight is 371 g/mol. The highest BCUT2D eigenvalue weighted by atomic mass is 15.4. The monoisotopic (exact) mass is 370 g/mol. The molecule has 142 valence electrons. The normalized spacial score (nSPS) is 37.9. The van der Waals surface area contributed by atoms with Crippen molar-refractivity contribution < 1.29 is 0 Å². The molecule has 0 saturated carbocycles. The SMILES string of the molecule is CC12c3[nH]c4ccccc4c3CCN1C1Nc3ccccc3C13CCNC32C. The zero-order valence-electron chi connectivity index (χ0n) is 16.5. The van der Waals surface area contributed by atoms with Crippen molar-refractivity contribution in [1.82, 2.24) is 15.2 Å². The number of H-pyrrole nitrogens is 1. The molecule has 0 radical (unpaired) electrons. The Morgan fingerprint density at radius 3 is 2.79 bits per heavy atom. The first kappa shape index (κ1) is 15.6. The summed E-state index contributed by atoms with van der Waals surface area (Å²) < 4.78 is 0. The summed E-state index contributed by atoms with van der Waals surface area (Å²) >= 11 is 0. The number of aromatic nitrogens is 1. The fourth-order valence-corrected chi connectivity index (χ4v) is 7.50. The van der Waals surface area contributed by atoms with E-state index >= 15 is 0 Å². The molecule has 28 heavy (non-hydrogen) atoms. The second kappa shape index (κ2) is 4.64. The lowest BCUT2D eigenvalue weighted by molar-refractivity contribution is 0.0594. The van der Waals surface area contributed by atoms with Crippen LogP contribution in [0.3, 0.4) is 0 Å². The van der Waals surface area contributed by atoms with Gasteiger partial charge in [-0.15, -0.1) is 0 Å². The minimum Gasteiger partial charge on any atom is -0.368 e. The molecule has 3 aromatic rings. The number of benzene rings is 2. The molecule has 4 unspecified atom stereocenters. The second-order valence-corrected chi connectivity index (χ2v) is 9.41. The quantitative estimate of drug-likeness (QED) is 0.565. The first-order valence-electron chi connectivity index (χ1n) is 10.6. The van der Waals surface area contributed by atoms with E-state index in [0.717, 1.165) is 19.5 Å². The van der Waals surface area contributed by atoms with E-state index in [4.69, 9.17) is 0 Å². The minimum absolute atomic E-state index is 0.0414. The van der Waals surface area contributed by atoms with Gasteiger partial charge in [-0.05, 0) is 56.5 Å². The van der Waals surface area contributed by atoms with E-state index in [1.165, 1.54) is 39.8 Å². The van der Waals surface area contributed by atoms with Gasteiger partial charge in [0.2, 0.25) is 0 Å². The third-order valence-corrected chi connectivity index (χ3v) is 8.82. The molecule has 4 aliphatic rings. The van der Waals surface area contributed by atoms with E-state index in [2.05, 4.69) is 82.9 Å². The summed E-state index contributed by atoms with van der Waals surface area (Å²) in [6.45, 7) is 7.12. The van der Waals surface area contributed by atoms with Crippen molar-refractivity contribution in [3.05, 3.63) is 65.4 Å². The topological polar surface area (TPSA) is 43.1 Å². The van der Waals surface area contributed by atoms with E-state index < -0.39 is 0 Å². The minimum atomic E-state index is -0.0820. The van der Waals surface area contributed by atoms with Crippen LogP contribution in [0.4, 0.5) is 5.69 Å². The molecule has 2 aromatic carbocycles. The maximum absolute atomic E-state index is 4.02. The molecule has 7 rings (SSSR count). The van der Waals surface area contributed by atoms with Gasteiger partial charge in [-0.25, -0.2) is 0 Å². The van der Waals surface area contributed by atoms with Crippen molar-refractivity contribution in [2.24, 2.45) is 0 Å². The molecule has 2 saturated heterocycles. The van der Waals surface area contributed by atoms with E-state index in [1.807, 2.05) is 0 Å². The third kappa shape index (κ3) is 1.36. The average Bonchev–Trinajstić information content (AvgIpc) is 3.39. The lowest BCUT2D eigenvalue weighted by Gasteiger charge is -2.50. The number of anilines is 1. The number of nitrogens with zero attached hydrogens (tertiary/aromatic N) is 1. The van der Waals surface area contributed by atoms with Crippen molar-refractivity contribution in [2.75, 3.05) is 18.4 Å². The Morgan fingerprint density at radius 2 is 1.86 bits per heavy atom. The number of fused-ring (bicyclic) bond motifs is 8. The Labute approximate surface area is 165 Å². The van der Waals surface area contributed by atoms with E-state index in [-0.39, 0.29) is 16.5 Å². The van der Waals surface area contributed by atoms with Gasteiger partial charge in [0.15, 0.2) is 0 Å². The zero-order chi connectivity index (χ0) is 18.7. The van der Waals surface area contributed by atoms with Gasteiger partial charge in [0, 0.05) is 28.8 Å². The maximum atomic E-state index is 4.02. The molecule has 0 aliphatic carbocycles. The van der Waals surface area contributed by atoms with Gasteiger partial charge in [-0.3, -0.25) is 4.90 Å². The largest absolute Gasteiger partial charge is 0.368 e. The summed E-state index contributed by atoms with van der Waals surface area (Å²) in [6, 6.07) is 17.8. The van der Waals surface area contributed by atoms with Crippen LogP contribution in [0.15, 0.2) is 48.5 Å². The van der Waals surface area contributed by atoms with Gasteiger partial charge < -0.3 is 15.6 Å². The molecule has 3 N–H and O–H groups in total. The molecule has 4 heteroatoms. The Kier molecular flexibility index (Phi) is 2.58. The molecule has 1 aromatic heterocycles. The molecule has 1 spiro atoms. The standard InChI is InChI=1S/C24H26N4/c1-22-20-16(15-7-3-5-9-18(15)26-20)11-14-28(22)21-24(12-13-25-23(22,24)2)17-8-4-6-10-19(17)27-21/h3-10,21,25-27H,11-14H2,1-2H3. The Balaban J connectivity index is 1.55. The Morgan fingerprint density at radius 1 is 1.04 bits per heavy atom. The number of hydrogen-bond acceptors (Lipinski definition) is 3. The van der Waals surface area contributed by atoms with Gasteiger partial charge in [0.05, 0.1) is 22.7 Å². The van der Waals surface area contributed by atoms with Crippen molar-refractivity contribution in [1.29, 1.82) is 0 Å². The number of para-hydroxylation sites is 2. The number of nitrogens with one attached hydrogen (secondary N) is 3. The molecule has 4 aliphatic heterocycles. The summed E-state index contributed by atoms with van der Waals surface area (Å²) in [5.74, 6) is 0. The van der Waals surface area contributed by atoms with Crippen molar-refractivity contribution in [3.63, 3.8) is 0 Å². The van der Waals surface area contributed by atoms with Crippen LogP contribution in [0, 0.1) is 0 Å². The van der Waals surface area contributed by atoms with Gasteiger partial charge in [-0.2, -0.15) is 0 Å². The van der Waals surface area contributed by atoms with Crippen LogP contribution in [-0.4, -0.2) is 34.7 Å². The highest BCUT2D eigenvalue weighted by Crippen LogP contribution is 2.67. The molecule has 2 fully saturated rings. The summed E-state index contributed by atoms with van der Waals surface area (Å²) in [7, 11) is 0. The zero-order valence-corrected chi connectivity index (χ0v) is 16.5. The fraction of sp³-hybridized carbons (Fsp3) is 0.417. The van der Waals surface area contributed by atoms with Gasteiger partial charge >= 0.3 is 0 Å². The van der Waals surface area contributed by atoms with Crippen LogP contribution < -0.4 is 10.6 Å². The smallest absolute Gasteiger partial charge is 0.0920 e. The fourth-order valence-electron chi connectivity index (χ4n) is 7.50. The van der Waals surface area contributed by atoms with Crippen LogP contribution in [0.5, 0.6) is 0 Å². The predicted molar refractivity (Wildman–Crippen MR) is 113 cm³/mol. The molecule has 0 bridgehead atoms. The van der Waals surface area contributed by atoms with Gasteiger partial charge in [-0.1, -0.05) is 36.4 Å². The van der Waals surface area contributed by atoms with Gasteiger partial charge in [0.25, 0.3) is 0 Å². The summed E-state index contributed by atoms with van der Waals surface area (Å²) in [5, 5.41) is 9.37. The number of aromatic amines is 1. The molecule has 4 atom stereocenters. The van der Waals surface area contributed by atoms with Crippen LogP contribution in [0.1, 0.15) is 37.1 Å².